The minimum Gasteiger partial charge on any atom is -0.361 e. The average molecular weight is 242 g/mol. The lowest BCUT2D eigenvalue weighted by Crippen LogP contribution is -1.87. The quantitative estimate of drug-likeness (QED) is 0.469. The van der Waals surface area contributed by atoms with Gasteiger partial charge in [0.05, 0.1) is 4.92 Å². The van der Waals surface area contributed by atoms with E-state index in [4.69, 9.17) is 10.9 Å². The van der Waals surface area contributed by atoms with Crippen LogP contribution in [0.25, 0.3) is 11.3 Å². The molecule has 0 saturated carbocycles. The van der Waals surface area contributed by atoms with Crippen molar-refractivity contribution in [1.82, 2.24) is 5.16 Å². The first kappa shape index (κ1) is 11.9. The Bertz CT molecular complexity index is 611. The molecule has 1 aromatic carbocycles. The molecule has 1 heterocycles. The maximum Gasteiger partial charge on any atom is 0.270 e. The summed E-state index contributed by atoms with van der Waals surface area (Å²) in [5.74, 6) is 3.19. The minimum absolute atomic E-state index is 0.0284. The highest BCUT2D eigenvalue weighted by atomic mass is 16.6. The van der Waals surface area contributed by atoms with E-state index in [1.54, 1.807) is 18.2 Å². The number of nitro groups is 1. The van der Waals surface area contributed by atoms with Crippen molar-refractivity contribution in [2.24, 2.45) is 0 Å². The van der Waals surface area contributed by atoms with Gasteiger partial charge in [0, 0.05) is 36.6 Å². The number of non-ortho nitro benzene ring substituents is 1. The van der Waals surface area contributed by atoms with E-state index in [2.05, 4.69) is 11.1 Å². The van der Waals surface area contributed by atoms with E-state index >= 15 is 0 Å². The Labute approximate surface area is 104 Å². The summed E-state index contributed by atoms with van der Waals surface area (Å²) in [7, 11) is 0. The molecule has 0 aliphatic rings. The van der Waals surface area contributed by atoms with Crippen molar-refractivity contribution in [1.29, 1.82) is 0 Å². The molecule has 0 spiro atoms. The van der Waals surface area contributed by atoms with Crippen LogP contribution in [0.15, 0.2) is 34.9 Å². The van der Waals surface area contributed by atoms with Crippen LogP contribution in [0, 0.1) is 22.5 Å². The molecular formula is C13H10N2O3. The first-order valence-corrected chi connectivity index (χ1v) is 5.34. The molecule has 18 heavy (non-hydrogen) atoms. The van der Waals surface area contributed by atoms with Gasteiger partial charge >= 0.3 is 0 Å². The van der Waals surface area contributed by atoms with Crippen LogP contribution in [-0.2, 0) is 6.42 Å². The number of rotatable bonds is 4. The monoisotopic (exact) mass is 242 g/mol. The van der Waals surface area contributed by atoms with Crippen molar-refractivity contribution in [3.63, 3.8) is 0 Å². The van der Waals surface area contributed by atoms with Gasteiger partial charge in [-0.25, -0.2) is 0 Å². The van der Waals surface area contributed by atoms with Crippen molar-refractivity contribution < 1.29 is 9.45 Å². The molecule has 0 atom stereocenters. The Morgan fingerprint density at radius 1 is 1.44 bits per heavy atom. The molecule has 0 aliphatic heterocycles. The van der Waals surface area contributed by atoms with Crippen LogP contribution < -0.4 is 0 Å². The van der Waals surface area contributed by atoms with Gasteiger partial charge < -0.3 is 4.52 Å². The summed E-state index contributed by atoms with van der Waals surface area (Å²) in [6.45, 7) is 0. The van der Waals surface area contributed by atoms with Crippen molar-refractivity contribution in [3.05, 3.63) is 46.2 Å². The zero-order chi connectivity index (χ0) is 13.0. The Hall–Kier alpha value is -2.61. The predicted octanol–water partition coefficient (Wildman–Crippen LogP) is 2.82. The number of aromatic nitrogens is 1. The maximum absolute atomic E-state index is 10.7. The van der Waals surface area contributed by atoms with Crippen molar-refractivity contribution in [3.8, 4) is 23.6 Å². The van der Waals surface area contributed by atoms with Crippen LogP contribution in [-0.4, -0.2) is 10.1 Å². The second-order valence-corrected chi connectivity index (χ2v) is 3.69. The van der Waals surface area contributed by atoms with Crippen molar-refractivity contribution in [2.45, 2.75) is 12.8 Å². The summed E-state index contributed by atoms with van der Waals surface area (Å²) in [6, 6.07) is 8.00. The van der Waals surface area contributed by atoms with Gasteiger partial charge in [0.2, 0.25) is 0 Å². The fraction of sp³-hybridized carbons (Fsp3) is 0.154. The van der Waals surface area contributed by atoms with E-state index in [-0.39, 0.29) is 5.69 Å². The fourth-order valence-corrected chi connectivity index (χ4v) is 1.54. The van der Waals surface area contributed by atoms with Gasteiger partial charge in [0.1, 0.15) is 11.5 Å². The van der Waals surface area contributed by atoms with E-state index in [0.29, 0.717) is 29.9 Å². The second-order valence-electron chi connectivity index (χ2n) is 3.69. The highest BCUT2D eigenvalue weighted by molar-refractivity contribution is 5.62. The summed E-state index contributed by atoms with van der Waals surface area (Å²) in [5, 5.41) is 14.5. The van der Waals surface area contributed by atoms with E-state index in [9.17, 15) is 10.1 Å². The highest BCUT2D eigenvalue weighted by Crippen LogP contribution is 2.23. The third kappa shape index (κ3) is 2.55. The molecule has 2 rings (SSSR count). The number of nitrogens with zero attached hydrogens (tertiary/aromatic N) is 2. The molecule has 0 radical (unpaired) electrons. The summed E-state index contributed by atoms with van der Waals surface area (Å²) in [6.07, 6.45) is 6.34. The van der Waals surface area contributed by atoms with Crippen LogP contribution in [0.4, 0.5) is 5.69 Å². The summed E-state index contributed by atoms with van der Waals surface area (Å²) >= 11 is 0. The fourth-order valence-electron chi connectivity index (χ4n) is 1.54. The normalized spacial score (nSPS) is 9.94. The largest absolute Gasteiger partial charge is 0.361 e. The van der Waals surface area contributed by atoms with Gasteiger partial charge in [-0.1, -0.05) is 17.3 Å². The van der Waals surface area contributed by atoms with Gasteiger partial charge in [0.15, 0.2) is 0 Å². The lowest BCUT2D eigenvalue weighted by molar-refractivity contribution is -0.384. The smallest absolute Gasteiger partial charge is 0.270 e. The standard InChI is InChI=1S/C13H10N2O3/c1-2-3-7-12-9-13(14-18-12)10-5-4-6-11(8-10)15(16)17/h1,4-6,8-9H,3,7H2. The SMILES string of the molecule is C#CCCc1cc(-c2cccc([N+](=O)[O-])c2)no1. The molecule has 0 saturated heterocycles. The molecule has 2 aromatic rings. The van der Waals surface area contributed by atoms with Gasteiger partial charge in [-0.3, -0.25) is 10.1 Å². The third-order valence-corrected chi connectivity index (χ3v) is 2.43. The Kier molecular flexibility index (Phi) is 3.39. The summed E-state index contributed by atoms with van der Waals surface area (Å²) in [5.41, 5.74) is 1.26. The zero-order valence-electron chi connectivity index (χ0n) is 9.50. The number of hydrogen-bond acceptors (Lipinski definition) is 4. The Morgan fingerprint density at radius 3 is 3.00 bits per heavy atom. The highest BCUT2D eigenvalue weighted by Gasteiger charge is 2.10. The number of nitro benzene ring substituents is 1. The molecular weight excluding hydrogens is 232 g/mol. The summed E-state index contributed by atoms with van der Waals surface area (Å²) < 4.78 is 5.11. The Morgan fingerprint density at radius 2 is 2.28 bits per heavy atom. The predicted molar refractivity (Wildman–Crippen MR) is 65.7 cm³/mol. The Balaban J connectivity index is 2.26. The van der Waals surface area contributed by atoms with E-state index in [1.165, 1.54) is 12.1 Å². The molecule has 1 aromatic heterocycles. The third-order valence-electron chi connectivity index (χ3n) is 2.43. The lowest BCUT2D eigenvalue weighted by atomic mass is 10.1. The first-order chi connectivity index (χ1) is 8.70. The number of terminal acetylenes is 1. The summed E-state index contributed by atoms with van der Waals surface area (Å²) in [4.78, 5) is 10.2. The van der Waals surface area contributed by atoms with Crippen LogP contribution in [0.1, 0.15) is 12.2 Å². The zero-order valence-corrected chi connectivity index (χ0v) is 9.50. The van der Waals surface area contributed by atoms with E-state index < -0.39 is 4.92 Å². The maximum atomic E-state index is 10.7. The average Bonchev–Trinajstić information content (AvgIpc) is 2.85. The number of hydrogen-bond donors (Lipinski definition) is 0. The second kappa shape index (κ2) is 5.15. The van der Waals surface area contributed by atoms with Gasteiger partial charge in [-0.2, -0.15) is 0 Å². The molecule has 0 bridgehead atoms. The molecule has 5 nitrogen and oxygen atoms in total. The number of aryl methyl sites for hydroxylation is 1. The molecule has 90 valence electrons. The van der Waals surface area contributed by atoms with E-state index in [1.807, 2.05) is 0 Å². The minimum atomic E-state index is -0.442. The van der Waals surface area contributed by atoms with Gasteiger partial charge in [-0.15, -0.1) is 12.3 Å². The molecule has 0 fully saturated rings. The van der Waals surface area contributed by atoms with Crippen molar-refractivity contribution >= 4 is 5.69 Å². The van der Waals surface area contributed by atoms with Gasteiger partial charge in [0.25, 0.3) is 5.69 Å². The van der Waals surface area contributed by atoms with Gasteiger partial charge in [-0.05, 0) is 0 Å². The molecule has 5 heteroatoms. The molecule has 0 N–H and O–H groups in total. The van der Waals surface area contributed by atoms with Crippen molar-refractivity contribution in [2.75, 3.05) is 0 Å². The molecule has 0 unspecified atom stereocenters. The topological polar surface area (TPSA) is 69.2 Å². The van der Waals surface area contributed by atoms with Crippen LogP contribution in [0.5, 0.6) is 0 Å². The molecule has 0 amide bonds. The van der Waals surface area contributed by atoms with Crippen LogP contribution in [0.3, 0.4) is 0 Å². The van der Waals surface area contributed by atoms with E-state index in [0.717, 1.165) is 0 Å². The molecule has 0 aliphatic carbocycles. The van der Waals surface area contributed by atoms with Crippen LogP contribution in [0.2, 0.25) is 0 Å². The first-order valence-electron chi connectivity index (χ1n) is 5.34. The number of benzene rings is 1. The van der Waals surface area contributed by atoms with Crippen LogP contribution >= 0.6 is 0 Å². The lowest BCUT2D eigenvalue weighted by Gasteiger charge is -1.94.